The number of carbonyl (C=O) groups excluding carboxylic acids is 2. The number of aromatic nitrogens is 2. The number of amides is 2. The summed E-state index contributed by atoms with van der Waals surface area (Å²) in [7, 11) is 1.55. The van der Waals surface area contributed by atoms with E-state index in [0.29, 0.717) is 16.6 Å². The zero-order valence-electron chi connectivity index (χ0n) is 14.7. The number of fused-ring (bicyclic) bond motifs is 3. The molecule has 1 aliphatic rings. The normalized spacial score (nSPS) is 12.8. The highest BCUT2D eigenvalue weighted by molar-refractivity contribution is 7.18. The molecule has 0 spiro atoms. The molecule has 0 atom stereocenters. The molecule has 0 radical (unpaired) electrons. The van der Waals surface area contributed by atoms with Crippen molar-refractivity contribution < 1.29 is 9.59 Å². The molecule has 0 saturated carbocycles. The lowest BCUT2D eigenvalue weighted by Crippen LogP contribution is -2.28. The zero-order valence-corrected chi connectivity index (χ0v) is 15.6. The Balaban J connectivity index is 1.56. The maximum absolute atomic E-state index is 12.8. The monoisotopic (exact) mass is 382 g/mol. The van der Waals surface area contributed by atoms with E-state index in [9.17, 15) is 14.4 Å². The summed E-state index contributed by atoms with van der Waals surface area (Å²) in [6.45, 7) is -0.128. The van der Waals surface area contributed by atoms with Crippen LogP contribution in [0.25, 0.3) is 10.2 Å². The number of nitrogens with one attached hydrogen (secondary N) is 2. The van der Waals surface area contributed by atoms with Crippen molar-refractivity contribution in [3.05, 3.63) is 57.0 Å². The molecule has 138 valence electrons. The van der Waals surface area contributed by atoms with E-state index in [1.54, 1.807) is 42.6 Å². The molecule has 0 unspecified atom stereocenters. The van der Waals surface area contributed by atoms with E-state index in [4.69, 9.17) is 0 Å². The predicted octanol–water partition coefficient (Wildman–Crippen LogP) is 1.94. The van der Waals surface area contributed by atoms with Gasteiger partial charge in [-0.15, -0.1) is 11.3 Å². The Kier molecular flexibility index (Phi) is 4.49. The first-order valence-corrected chi connectivity index (χ1v) is 9.50. The number of carbonyl (C=O) groups is 2. The van der Waals surface area contributed by atoms with E-state index < -0.39 is 0 Å². The van der Waals surface area contributed by atoms with Gasteiger partial charge in [-0.1, -0.05) is 6.07 Å². The smallest absolute Gasteiger partial charge is 0.262 e. The average molecular weight is 382 g/mol. The lowest BCUT2D eigenvalue weighted by Gasteiger charge is -2.09. The molecule has 0 saturated heterocycles. The van der Waals surface area contributed by atoms with Gasteiger partial charge < -0.3 is 10.6 Å². The summed E-state index contributed by atoms with van der Waals surface area (Å²) in [5.41, 5.74) is 1.87. The fourth-order valence-corrected chi connectivity index (χ4v) is 4.59. The summed E-state index contributed by atoms with van der Waals surface area (Å²) in [6, 6.07) is 6.63. The minimum absolute atomic E-state index is 0.128. The maximum Gasteiger partial charge on any atom is 0.262 e. The van der Waals surface area contributed by atoms with Crippen molar-refractivity contribution in [2.24, 2.45) is 0 Å². The van der Waals surface area contributed by atoms with Crippen molar-refractivity contribution in [1.29, 1.82) is 0 Å². The highest BCUT2D eigenvalue weighted by atomic mass is 32.1. The van der Waals surface area contributed by atoms with Crippen molar-refractivity contribution in [2.75, 3.05) is 12.4 Å². The molecule has 8 heteroatoms. The van der Waals surface area contributed by atoms with Crippen molar-refractivity contribution in [3.63, 3.8) is 0 Å². The molecule has 2 N–H and O–H groups in total. The molecule has 2 aromatic heterocycles. The number of nitrogens with zero attached hydrogens (tertiary/aromatic N) is 2. The van der Waals surface area contributed by atoms with Crippen LogP contribution < -0.4 is 16.2 Å². The van der Waals surface area contributed by atoms with Gasteiger partial charge in [0.05, 0.1) is 11.7 Å². The minimum Gasteiger partial charge on any atom is -0.355 e. The Morgan fingerprint density at radius 2 is 2.15 bits per heavy atom. The van der Waals surface area contributed by atoms with E-state index in [0.717, 1.165) is 29.7 Å². The molecule has 0 aliphatic heterocycles. The summed E-state index contributed by atoms with van der Waals surface area (Å²) in [5, 5.41) is 5.92. The van der Waals surface area contributed by atoms with E-state index in [-0.39, 0.29) is 23.9 Å². The summed E-state index contributed by atoms with van der Waals surface area (Å²) < 4.78 is 1.34. The molecular weight excluding hydrogens is 364 g/mol. The number of hydrogen-bond donors (Lipinski definition) is 2. The van der Waals surface area contributed by atoms with E-state index in [2.05, 4.69) is 15.6 Å². The van der Waals surface area contributed by atoms with Crippen LogP contribution in [-0.2, 0) is 24.2 Å². The van der Waals surface area contributed by atoms with Crippen molar-refractivity contribution >= 4 is 39.1 Å². The Morgan fingerprint density at radius 3 is 2.96 bits per heavy atom. The third-order valence-electron chi connectivity index (χ3n) is 4.64. The molecule has 27 heavy (non-hydrogen) atoms. The van der Waals surface area contributed by atoms with Gasteiger partial charge in [0, 0.05) is 23.2 Å². The minimum atomic E-state index is -0.348. The lowest BCUT2D eigenvalue weighted by molar-refractivity contribution is -0.116. The summed E-state index contributed by atoms with van der Waals surface area (Å²) >= 11 is 1.57. The number of thiophene rings is 1. The van der Waals surface area contributed by atoms with E-state index in [1.807, 2.05) is 0 Å². The fourth-order valence-electron chi connectivity index (χ4n) is 3.37. The van der Waals surface area contributed by atoms with E-state index in [1.165, 1.54) is 15.8 Å². The van der Waals surface area contributed by atoms with Gasteiger partial charge in [-0.3, -0.25) is 19.0 Å². The molecular formula is C19H18N4O3S. The van der Waals surface area contributed by atoms with Crippen LogP contribution in [0.1, 0.15) is 27.2 Å². The number of rotatable bonds is 4. The molecule has 1 aromatic carbocycles. The third-order valence-corrected chi connectivity index (χ3v) is 5.84. The number of aryl methyl sites for hydroxylation is 2. The van der Waals surface area contributed by atoms with Gasteiger partial charge >= 0.3 is 0 Å². The summed E-state index contributed by atoms with van der Waals surface area (Å²) in [6.07, 6.45) is 4.39. The first kappa shape index (κ1) is 17.4. The maximum atomic E-state index is 12.8. The second-order valence-electron chi connectivity index (χ2n) is 6.42. The van der Waals surface area contributed by atoms with Gasteiger partial charge in [0.2, 0.25) is 5.91 Å². The molecule has 0 bridgehead atoms. The fraction of sp³-hybridized carbons (Fsp3) is 0.263. The van der Waals surface area contributed by atoms with Gasteiger partial charge in [0.25, 0.3) is 11.5 Å². The van der Waals surface area contributed by atoms with Gasteiger partial charge in [-0.25, -0.2) is 4.98 Å². The van der Waals surface area contributed by atoms with E-state index >= 15 is 0 Å². The molecule has 4 rings (SSSR count). The van der Waals surface area contributed by atoms with Gasteiger partial charge in [0.1, 0.15) is 11.4 Å². The third kappa shape index (κ3) is 3.23. The van der Waals surface area contributed by atoms with Gasteiger partial charge in [0.15, 0.2) is 0 Å². The highest BCUT2D eigenvalue weighted by Crippen LogP contribution is 2.34. The van der Waals surface area contributed by atoms with Crippen molar-refractivity contribution in [2.45, 2.75) is 25.8 Å². The van der Waals surface area contributed by atoms with Crippen LogP contribution in [0.3, 0.4) is 0 Å². The quantitative estimate of drug-likeness (QED) is 0.721. The number of hydrogen-bond acceptors (Lipinski definition) is 5. The highest BCUT2D eigenvalue weighted by Gasteiger charge is 2.21. The SMILES string of the molecule is CNC(=O)c1cccc(NC(=O)Cn2cnc3sc4c(c3c2=O)CCC4)c1. The lowest BCUT2D eigenvalue weighted by atomic mass is 10.2. The number of anilines is 1. The first-order valence-electron chi connectivity index (χ1n) is 8.68. The van der Waals surface area contributed by atoms with Crippen LogP contribution in [0.5, 0.6) is 0 Å². The van der Waals surface area contributed by atoms with Crippen LogP contribution in [-0.4, -0.2) is 28.4 Å². The van der Waals surface area contributed by atoms with Crippen LogP contribution in [0, 0.1) is 0 Å². The van der Waals surface area contributed by atoms with Crippen LogP contribution in [0.2, 0.25) is 0 Å². The molecule has 2 heterocycles. The molecule has 7 nitrogen and oxygen atoms in total. The average Bonchev–Trinajstić information content (AvgIpc) is 3.24. The standard InChI is InChI=1S/C19H18N4O3S/c1-20-17(25)11-4-2-5-12(8-11)22-15(24)9-23-10-21-18-16(19(23)26)13-6-3-7-14(13)27-18/h2,4-5,8,10H,3,6-7,9H2,1H3,(H,20,25)(H,22,24). The molecule has 3 aromatic rings. The first-order chi connectivity index (χ1) is 13.1. The summed E-state index contributed by atoms with van der Waals surface area (Å²) in [4.78, 5) is 43.3. The van der Waals surface area contributed by atoms with Gasteiger partial charge in [-0.2, -0.15) is 0 Å². The van der Waals surface area contributed by atoms with Gasteiger partial charge in [-0.05, 0) is 43.0 Å². The molecule has 0 fully saturated rings. The predicted molar refractivity (Wildman–Crippen MR) is 104 cm³/mol. The Bertz CT molecular complexity index is 1120. The Hall–Kier alpha value is -3.00. The van der Waals surface area contributed by atoms with Crippen LogP contribution in [0.15, 0.2) is 35.4 Å². The largest absolute Gasteiger partial charge is 0.355 e. The second-order valence-corrected chi connectivity index (χ2v) is 7.51. The Morgan fingerprint density at radius 1 is 1.30 bits per heavy atom. The number of benzene rings is 1. The van der Waals surface area contributed by atoms with Crippen LogP contribution >= 0.6 is 11.3 Å². The zero-order chi connectivity index (χ0) is 19.0. The van der Waals surface area contributed by atoms with Crippen LogP contribution in [0.4, 0.5) is 5.69 Å². The summed E-state index contributed by atoms with van der Waals surface area (Å²) in [5.74, 6) is -0.581. The van der Waals surface area contributed by atoms with Crippen molar-refractivity contribution in [1.82, 2.24) is 14.9 Å². The second kappa shape index (κ2) is 6.96. The molecule has 2 amide bonds. The Labute approximate surface area is 159 Å². The topological polar surface area (TPSA) is 93.1 Å². The molecule has 1 aliphatic carbocycles. The van der Waals surface area contributed by atoms with Crippen molar-refractivity contribution in [3.8, 4) is 0 Å².